The molecule has 2 aromatic heterocycles. The number of pyridine rings is 1. The molecule has 0 aliphatic rings. The Morgan fingerprint density at radius 3 is 2.59 bits per heavy atom. The topological polar surface area (TPSA) is 110 Å². The summed E-state index contributed by atoms with van der Waals surface area (Å²) in [6, 6.07) is 12.2. The minimum atomic E-state index is -0.504. The standard InChI is InChI=1S/C15H10N6O/c16-8-13-14(11-2-1-7-18-9-11)21(20-19-13)12-5-3-10(4-6-12)15(17)22/h1-7,9H,(H2,17,22). The summed E-state index contributed by atoms with van der Waals surface area (Å²) in [5, 5.41) is 17.1. The molecule has 22 heavy (non-hydrogen) atoms. The van der Waals surface area contributed by atoms with E-state index in [4.69, 9.17) is 5.73 Å². The summed E-state index contributed by atoms with van der Waals surface area (Å²) in [6.45, 7) is 0. The predicted octanol–water partition coefficient (Wildman–Crippen LogP) is 1.30. The Morgan fingerprint density at radius 1 is 1.23 bits per heavy atom. The number of hydrogen-bond donors (Lipinski definition) is 1. The lowest BCUT2D eigenvalue weighted by molar-refractivity contribution is 0.100. The predicted molar refractivity (Wildman–Crippen MR) is 77.8 cm³/mol. The van der Waals surface area contributed by atoms with Crippen LogP contribution < -0.4 is 5.73 Å². The van der Waals surface area contributed by atoms with Gasteiger partial charge < -0.3 is 5.73 Å². The van der Waals surface area contributed by atoms with Crippen LogP contribution >= 0.6 is 0 Å². The third kappa shape index (κ3) is 2.29. The smallest absolute Gasteiger partial charge is 0.248 e. The molecule has 0 atom stereocenters. The zero-order valence-corrected chi connectivity index (χ0v) is 11.3. The van der Waals surface area contributed by atoms with Crippen LogP contribution in [-0.4, -0.2) is 25.9 Å². The van der Waals surface area contributed by atoms with Crippen molar-refractivity contribution >= 4 is 5.91 Å². The quantitative estimate of drug-likeness (QED) is 0.781. The fourth-order valence-electron chi connectivity index (χ4n) is 2.07. The van der Waals surface area contributed by atoms with Gasteiger partial charge >= 0.3 is 0 Å². The van der Waals surface area contributed by atoms with E-state index in [1.54, 1.807) is 42.7 Å². The Balaban J connectivity index is 2.14. The summed E-state index contributed by atoms with van der Waals surface area (Å²) in [4.78, 5) is 15.2. The van der Waals surface area contributed by atoms with Gasteiger partial charge in [0.1, 0.15) is 11.8 Å². The first kappa shape index (κ1) is 13.5. The zero-order valence-electron chi connectivity index (χ0n) is 11.3. The summed E-state index contributed by atoms with van der Waals surface area (Å²) in [5.41, 5.74) is 7.75. The van der Waals surface area contributed by atoms with Gasteiger partial charge in [0.25, 0.3) is 0 Å². The first-order valence-electron chi connectivity index (χ1n) is 6.37. The number of nitrogens with zero attached hydrogens (tertiary/aromatic N) is 5. The minimum Gasteiger partial charge on any atom is -0.366 e. The molecule has 1 amide bonds. The van der Waals surface area contributed by atoms with Crippen molar-refractivity contribution in [3.8, 4) is 23.0 Å². The maximum atomic E-state index is 11.1. The van der Waals surface area contributed by atoms with Gasteiger partial charge in [-0.3, -0.25) is 9.78 Å². The van der Waals surface area contributed by atoms with Crippen molar-refractivity contribution in [2.75, 3.05) is 0 Å². The van der Waals surface area contributed by atoms with E-state index in [0.717, 1.165) is 5.56 Å². The Hall–Kier alpha value is -3.53. The van der Waals surface area contributed by atoms with E-state index in [2.05, 4.69) is 15.3 Å². The van der Waals surface area contributed by atoms with Gasteiger partial charge in [0.2, 0.25) is 5.91 Å². The van der Waals surface area contributed by atoms with Gasteiger partial charge in [-0.2, -0.15) is 5.26 Å². The van der Waals surface area contributed by atoms with Crippen LogP contribution in [0.4, 0.5) is 0 Å². The first-order chi connectivity index (χ1) is 10.7. The largest absolute Gasteiger partial charge is 0.366 e. The molecular formula is C15H10N6O. The second-order valence-corrected chi connectivity index (χ2v) is 4.46. The normalized spacial score (nSPS) is 10.1. The number of rotatable bonds is 3. The maximum Gasteiger partial charge on any atom is 0.248 e. The van der Waals surface area contributed by atoms with Gasteiger partial charge in [-0.15, -0.1) is 5.10 Å². The van der Waals surface area contributed by atoms with Crippen LogP contribution in [0.15, 0.2) is 48.8 Å². The highest BCUT2D eigenvalue weighted by Gasteiger charge is 2.16. The average Bonchev–Trinajstić information content (AvgIpc) is 2.99. The van der Waals surface area contributed by atoms with Gasteiger partial charge in [-0.05, 0) is 36.4 Å². The molecule has 2 heterocycles. The Kier molecular flexibility index (Phi) is 3.34. The summed E-state index contributed by atoms with van der Waals surface area (Å²) in [7, 11) is 0. The van der Waals surface area contributed by atoms with Gasteiger partial charge in [0, 0.05) is 23.5 Å². The van der Waals surface area contributed by atoms with Gasteiger partial charge in [0.15, 0.2) is 5.69 Å². The molecule has 1 aromatic carbocycles. The molecule has 2 N–H and O–H groups in total. The molecule has 106 valence electrons. The lowest BCUT2D eigenvalue weighted by atomic mass is 10.1. The Morgan fingerprint density at radius 2 is 2.00 bits per heavy atom. The SMILES string of the molecule is N#Cc1nnn(-c2ccc(C(N)=O)cc2)c1-c1cccnc1. The molecule has 3 aromatic rings. The number of primary amides is 1. The molecule has 0 fully saturated rings. The molecule has 7 nitrogen and oxygen atoms in total. The zero-order chi connectivity index (χ0) is 15.5. The first-order valence-corrected chi connectivity index (χ1v) is 6.37. The molecule has 0 spiro atoms. The van der Waals surface area contributed by atoms with E-state index in [0.29, 0.717) is 16.9 Å². The molecule has 7 heteroatoms. The van der Waals surface area contributed by atoms with Crippen LogP contribution in [0.2, 0.25) is 0 Å². The molecule has 0 saturated heterocycles. The molecule has 0 aliphatic carbocycles. The van der Waals surface area contributed by atoms with Crippen LogP contribution in [0, 0.1) is 11.3 Å². The van der Waals surface area contributed by atoms with E-state index in [-0.39, 0.29) is 5.69 Å². The van der Waals surface area contributed by atoms with E-state index >= 15 is 0 Å². The number of nitriles is 1. The van der Waals surface area contributed by atoms with Crippen molar-refractivity contribution in [1.82, 2.24) is 20.0 Å². The fourth-order valence-corrected chi connectivity index (χ4v) is 2.07. The number of carbonyl (C=O) groups is 1. The highest BCUT2D eigenvalue weighted by Crippen LogP contribution is 2.24. The number of nitrogens with two attached hydrogens (primary N) is 1. The lowest BCUT2D eigenvalue weighted by Crippen LogP contribution is -2.11. The van der Waals surface area contributed by atoms with Crippen LogP contribution in [0.5, 0.6) is 0 Å². The van der Waals surface area contributed by atoms with Gasteiger partial charge in [-0.25, -0.2) is 4.68 Å². The van der Waals surface area contributed by atoms with E-state index in [9.17, 15) is 10.1 Å². The van der Waals surface area contributed by atoms with E-state index < -0.39 is 5.91 Å². The number of aromatic nitrogens is 4. The molecule has 3 rings (SSSR count). The molecular weight excluding hydrogens is 280 g/mol. The number of benzene rings is 1. The van der Waals surface area contributed by atoms with E-state index in [1.807, 2.05) is 12.1 Å². The monoisotopic (exact) mass is 290 g/mol. The summed E-state index contributed by atoms with van der Waals surface area (Å²) in [6.07, 6.45) is 3.28. The second kappa shape index (κ2) is 5.46. The Labute approximate surface area is 125 Å². The van der Waals surface area contributed by atoms with Gasteiger partial charge in [-0.1, -0.05) is 5.21 Å². The molecule has 0 bridgehead atoms. The number of carbonyl (C=O) groups excluding carboxylic acids is 1. The van der Waals surface area contributed by atoms with Crippen LogP contribution in [0.25, 0.3) is 16.9 Å². The summed E-state index contributed by atoms with van der Waals surface area (Å²) >= 11 is 0. The van der Waals surface area contributed by atoms with Crippen LogP contribution in [0.1, 0.15) is 16.1 Å². The van der Waals surface area contributed by atoms with Crippen LogP contribution in [0.3, 0.4) is 0 Å². The molecule has 0 unspecified atom stereocenters. The third-order valence-electron chi connectivity index (χ3n) is 3.11. The fraction of sp³-hybridized carbons (Fsp3) is 0. The average molecular weight is 290 g/mol. The number of amides is 1. The summed E-state index contributed by atoms with van der Waals surface area (Å²) in [5.74, 6) is -0.504. The highest BCUT2D eigenvalue weighted by atomic mass is 16.1. The highest BCUT2D eigenvalue weighted by molar-refractivity contribution is 5.92. The third-order valence-corrected chi connectivity index (χ3v) is 3.11. The van der Waals surface area contributed by atoms with Crippen molar-refractivity contribution in [2.24, 2.45) is 5.73 Å². The molecule has 0 saturated carbocycles. The van der Waals surface area contributed by atoms with Crippen molar-refractivity contribution in [3.05, 3.63) is 60.0 Å². The maximum absolute atomic E-state index is 11.1. The second-order valence-electron chi connectivity index (χ2n) is 4.46. The Bertz CT molecular complexity index is 861. The summed E-state index contributed by atoms with van der Waals surface area (Å²) < 4.78 is 1.53. The van der Waals surface area contributed by atoms with Crippen molar-refractivity contribution in [3.63, 3.8) is 0 Å². The van der Waals surface area contributed by atoms with Crippen LogP contribution in [-0.2, 0) is 0 Å². The van der Waals surface area contributed by atoms with Crippen molar-refractivity contribution < 1.29 is 4.79 Å². The van der Waals surface area contributed by atoms with Crippen molar-refractivity contribution in [2.45, 2.75) is 0 Å². The van der Waals surface area contributed by atoms with Gasteiger partial charge in [0.05, 0.1) is 5.69 Å². The molecule has 0 aliphatic heterocycles. The molecule has 0 radical (unpaired) electrons. The number of hydrogen-bond acceptors (Lipinski definition) is 5. The van der Waals surface area contributed by atoms with E-state index in [1.165, 1.54) is 4.68 Å². The lowest BCUT2D eigenvalue weighted by Gasteiger charge is -2.06. The minimum absolute atomic E-state index is 0.201. The van der Waals surface area contributed by atoms with Crippen molar-refractivity contribution in [1.29, 1.82) is 5.26 Å².